The van der Waals surface area contributed by atoms with Crippen LogP contribution in [0.2, 0.25) is 5.02 Å². The zero-order valence-corrected chi connectivity index (χ0v) is 10.7. The molecule has 2 N–H and O–H groups in total. The Bertz CT molecular complexity index is 554. The van der Waals surface area contributed by atoms with Crippen molar-refractivity contribution in [2.45, 2.75) is 13.0 Å². The van der Waals surface area contributed by atoms with E-state index in [0.717, 1.165) is 5.56 Å². The van der Waals surface area contributed by atoms with Crippen molar-refractivity contribution in [3.05, 3.63) is 35.2 Å². The molecule has 0 amide bonds. The van der Waals surface area contributed by atoms with Crippen LogP contribution in [0, 0.1) is 0 Å². The number of nitrogens with zero attached hydrogens (tertiary/aromatic N) is 2. The van der Waals surface area contributed by atoms with Gasteiger partial charge >= 0.3 is 5.97 Å². The van der Waals surface area contributed by atoms with E-state index in [4.69, 9.17) is 21.1 Å². The lowest BCUT2D eigenvalue weighted by Crippen LogP contribution is -2.17. The fourth-order valence-corrected chi connectivity index (χ4v) is 1.55. The van der Waals surface area contributed by atoms with Crippen molar-refractivity contribution in [3.8, 4) is 11.5 Å². The van der Waals surface area contributed by atoms with E-state index in [1.807, 2.05) is 0 Å². The predicted molar refractivity (Wildman–Crippen MR) is 68.7 cm³/mol. The normalized spacial score (nSPS) is 10.6. The molecule has 0 radical (unpaired) electrons. The Kier molecular flexibility index (Phi) is 4.48. The third-order valence-corrected chi connectivity index (χ3v) is 2.60. The van der Waals surface area contributed by atoms with E-state index in [9.17, 15) is 4.79 Å². The monoisotopic (exact) mass is 281 g/mol. The third kappa shape index (κ3) is 4.04. The van der Waals surface area contributed by atoms with Gasteiger partial charge in [-0.15, -0.1) is 10.2 Å². The summed E-state index contributed by atoms with van der Waals surface area (Å²) in [7, 11) is 0. The predicted octanol–water partition coefficient (Wildman–Crippen LogP) is 1.95. The van der Waals surface area contributed by atoms with Crippen LogP contribution in [0.4, 0.5) is 0 Å². The fourth-order valence-electron chi connectivity index (χ4n) is 1.42. The molecule has 2 aromatic rings. The van der Waals surface area contributed by atoms with E-state index in [-0.39, 0.29) is 6.42 Å². The van der Waals surface area contributed by atoms with Gasteiger partial charge in [-0.3, -0.25) is 4.79 Å². The van der Waals surface area contributed by atoms with E-state index in [2.05, 4.69) is 15.5 Å². The minimum atomic E-state index is -0.847. The Morgan fingerprint density at radius 1 is 1.32 bits per heavy atom. The fraction of sp³-hybridized carbons (Fsp3) is 0.250. The molecule has 6 nitrogen and oxygen atoms in total. The van der Waals surface area contributed by atoms with Gasteiger partial charge in [-0.05, 0) is 24.3 Å². The van der Waals surface area contributed by atoms with Crippen molar-refractivity contribution in [2.75, 3.05) is 6.54 Å². The van der Waals surface area contributed by atoms with Crippen LogP contribution in [0.15, 0.2) is 28.7 Å². The second-order valence-corrected chi connectivity index (χ2v) is 4.26. The second kappa shape index (κ2) is 6.31. The molecule has 2 rings (SSSR count). The number of carbonyl (C=O) groups is 1. The van der Waals surface area contributed by atoms with Crippen LogP contribution in [-0.2, 0) is 11.3 Å². The lowest BCUT2D eigenvalue weighted by Gasteiger charge is -1.98. The molecule has 0 spiro atoms. The molecule has 0 aliphatic heterocycles. The number of hydrogen-bond donors (Lipinski definition) is 2. The molecule has 1 aromatic carbocycles. The summed E-state index contributed by atoms with van der Waals surface area (Å²) in [5.74, 6) is -0.0260. The molecule has 0 aliphatic rings. The smallest absolute Gasteiger partial charge is 0.304 e. The number of hydrogen-bond acceptors (Lipinski definition) is 5. The first-order valence-corrected chi connectivity index (χ1v) is 6.04. The Morgan fingerprint density at radius 3 is 2.74 bits per heavy atom. The van der Waals surface area contributed by atoms with E-state index < -0.39 is 5.97 Å². The van der Waals surface area contributed by atoms with Crippen molar-refractivity contribution >= 4 is 17.6 Å². The summed E-state index contributed by atoms with van der Waals surface area (Å²) in [5, 5.41) is 19.8. The summed E-state index contributed by atoms with van der Waals surface area (Å²) in [6.07, 6.45) is 0.0537. The maximum atomic E-state index is 10.3. The van der Waals surface area contributed by atoms with Crippen LogP contribution < -0.4 is 5.32 Å². The van der Waals surface area contributed by atoms with Crippen molar-refractivity contribution in [2.24, 2.45) is 0 Å². The molecule has 0 bridgehead atoms. The molecule has 19 heavy (non-hydrogen) atoms. The van der Waals surface area contributed by atoms with Crippen LogP contribution in [0.3, 0.4) is 0 Å². The van der Waals surface area contributed by atoms with Crippen molar-refractivity contribution in [1.29, 1.82) is 0 Å². The van der Waals surface area contributed by atoms with Crippen molar-refractivity contribution < 1.29 is 14.3 Å². The van der Waals surface area contributed by atoms with E-state index in [1.165, 1.54) is 0 Å². The summed E-state index contributed by atoms with van der Waals surface area (Å²) in [5.41, 5.74) is 0.786. The molecule has 0 unspecified atom stereocenters. The number of carboxylic acid groups (broad SMARTS) is 1. The van der Waals surface area contributed by atoms with E-state index in [0.29, 0.717) is 29.9 Å². The van der Waals surface area contributed by atoms with Gasteiger partial charge in [-0.1, -0.05) is 11.6 Å². The molecule has 0 fully saturated rings. The van der Waals surface area contributed by atoms with Gasteiger partial charge in [0, 0.05) is 17.1 Å². The van der Waals surface area contributed by atoms with E-state index in [1.54, 1.807) is 24.3 Å². The maximum absolute atomic E-state index is 10.3. The van der Waals surface area contributed by atoms with Crippen LogP contribution in [-0.4, -0.2) is 27.8 Å². The Balaban J connectivity index is 1.91. The second-order valence-electron chi connectivity index (χ2n) is 3.83. The van der Waals surface area contributed by atoms with Crippen molar-refractivity contribution in [1.82, 2.24) is 15.5 Å². The highest BCUT2D eigenvalue weighted by molar-refractivity contribution is 6.30. The molecule has 7 heteroatoms. The van der Waals surface area contributed by atoms with Gasteiger partial charge in [0.1, 0.15) is 0 Å². The number of halogens is 1. The third-order valence-electron chi connectivity index (χ3n) is 2.35. The van der Waals surface area contributed by atoms with Gasteiger partial charge in [-0.2, -0.15) is 0 Å². The molecular weight excluding hydrogens is 270 g/mol. The number of rotatable bonds is 6. The molecule has 1 aromatic heterocycles. The summed E-state index contributed by atoms with van der Waals surface area (Å²) in [6.45, 7) is 0.696. The number of nitrogens with one attached hydrogen (secondary N) is 1. The molecular formula is C12H12ClN3O3. The molecule has 0 atom stereocenters. The summed E-state index contributed by atoms with van der Waals surface area (Å²) in [4.78, 5) is 10.3. The summed E-state index contributed by atoms with van der Waals surface area (Å²) >= 11 is 5.79. The maximum Gasteiger partial charge on any atom is 0.304 e. The van der Waals surface area contributed by atoms with Gasteiger partial charge in [-0.25, -0.2) is 0 Å². The van der Waals surface area contributed by atoms with Crippen LogP contribution >= 0.6 is 11.6 Å². The zero-order chi connectivity index (χ0) is 13.7. The van der Waals surface area contributed by atoms with Gasteiger partial charge in [0.2, 0.25) is 11.8 Å². The van der Waals surface area contributed by atoms with Gasteiger partial charge in [0.15, 0.2) is 0 Å². The minimum Gasteiger partial charge on any atom is -0.481 e. The number of carboxylic acids is 1. The Hall–Kier alpha value is -1.92. The largest absolute Gasteiger partial charge is 0.481 e. The van der Waals surface area contributed by atoms with E-state index >= 15 is 0 Å². The van der Waals surface area contributed by atoms with Crippen LogP contribution in [0.5, 0.6) is 0 Å². The Labute approximate surface area is 114 Å². The first-order valence-electron chi connectivity index (χ1n) is 5.66. The zero-order valence-electron chi connectivity index (χ0n) is 9.97. The lowest BCUT2D eigenvalue weighted by atomic mass is 10.2. The average Bonchev–Trinajstić information content (AvgIpc) is 2.84. The van der Waals surface area contributed by atoms with Gasteiger partial charge in [0.25, 0.3) is 0 Å². The highest BCUT2D eigenvalue weighted by atomic mass is 35.5. The van der Waals surface area contributed by atoms with Crippen LogP contribution in [0.25, 0.3) is 11.5 Å². The lowest BCUT2D eigenvalue weighted by molar-refractivity contribution is -0.136. The Morgan fingerprint density at radius 2 is 2.05 bits per heavy atom. The standard InChI is InChI=1S/C12H12ClN3O3/c13-9-3-1-8(2-4-9)12-16-15-10(19-12)7-14-6-5-11(17)18/h1-4,14H,5-7H2,(H,17,18). The van der Waals surface area contributed by atoms with Crippen molar-refractivity contribution in [3.63, 3.8) is 0 Å². The van der Waals surface area contributed by atoms with Crippen LogP contribution in [0.1, 0.15) is 12.3 Å². The number of benzene rings is 1. The first kappa shape index (κ1) is 13.5. The van der Waals surface area contributed by atoms with Gasteiger partial charge < -0.3 is 14.8 Å². The average molecular weight is 282 g/mol. The highest BCUT2D eigenvalue weighted by Crippen LogP contribution is 2.19. The summed E-state index contributed by atoms with van der Waals surface area (Å²) < 4.78 is 5.44. The quantitative estimate of drug-likeness (QED) is 0.787. The molecule has 0 saturated carbocycles. The molecule has 0 saturated heterocycles. The number of aliphatic carboxylic acids is 1. The summed E-state index contributed by atoms with van der Waals surface area (Å²) in [6, 6.07) is 7.06. The van der Waals surface area contributed by atoms with Gasteiger partial charge in [0.05, 0.1) is 13.0 Å². The minimum absolute atomic E-state index is 0.0537. The molecule has 0 aliphatic carbocycles. The highest BCUT2D eigenvalue weighted by Gasteiger charge is 2.08. The molecule has 100 valence electrons. The molecule has 1 heterocycles. The number of aromatic nitrogens is 2. The first-order chi connectivity index (χ1) is 9.15. The topological polar surface area (TPSA) is 88.2 Å². The SMILES string of the molecule is O=C(O)CCNCc1nnc(-c2ccc(Cl)cc2)o1.